The van der Waals surface area contributed by atoms with Crippen LogP contribution in [0.3, 0.4) is 0 Å². The Balaban J connectivity index is 1.26. The second-order valence-electron chi connectivity index (χ2n) is 12.9. The van der Waals surface area contributed by atoms with Crippen LogP contribution in [0.15, 0.2) is 146 Å². The number of thiophene rings is 1. The van der Waals surface area contributed by atoms with E-state index in [1.165, 1.54) is 58.9 Å². The molecule has 1 aliphatic carbocycles. The fourth-order valence-electron chi connectivity index (χ4n) is 7.50. The van der Waals surface area contributed by atoms with E-state index in [4.69, 9.17) is 0 Å². The first-order valence-corrected chi connectivity index (χ1v) is 16.8. The summed E-state index contributed by atoms with van der Waals surface area (Å²) in [4.78, 5) is 2.43. The molecule has 8 aromatic rings. The Hall–Kier alpha value is -5.69. The molecule has 2 nitrogen and oxygen atoms in total. The van der Waals surface area contributed by atoms with Gasteiger partial charge in [0.05, 0.1) is 22.0 Å². The molecule has 3 heteroatoms. The molecule has 0 unspecified atom stereocenters. The van der Waals surface area contributed by atoms with Gasteiger partial charge in [0.25, 0.3) is 0 Å². The molecule has 222 valence electrons. The van der Waals surface area contributed by atoms with Crippen LogP contribution < -0.4 is 4.90 Å². The number of benzene rings is 7. The Kier molecular flexibility index (Phi) is 6.12. The lowest BCUT2D eigenvalue weighted by atomic mass is 9.82. The van der Waals surface area contributed by atoms with Gasteiger partial charge >= 0.3 is 0 Å². The molecule has 7 aromatic carbocycles. The highest BCUT2D eigenvalue weighted by atomic mass is 32.1. The van der Waals surface area contributed by atoms with E-state index in [9.17, 15) is 5.26 Å². The standard InChI is InChI=1S/C44H30N2S/c1-44(2)39-12-6-5-10-35(39)38-26-33(23-25-40(38)44)46(32-21-18-30(19-22-32)29-16-14-28(27-45)15-17-29)41-13-7-11-36-37-24-20-31-8-3-4-9-34(31)42(37)47-43(36)41/h3-26H,1-2H3. The Morgan fingerprint density at radius 3 is 2.02 bits per heavy atom. The predicted molar refractivity (Wildman–Crippen MR) is 199 cm³/mol. The molecule has 0 spiro atoms. The van der Waals surface area contributed by atoms with Crippen molar-refractivity contribution in [2.45, 2.75) is 19.3 Å². The maximum absolute atomic E-state index is 9.27. The van der Waals surface area contributed by atoms with Crippen molar-refractivity contribution in [2.75, 3.05) is 4.90 Å². The zero-order chi connectivity index (χ0) is 31.7. The predicted octanol–water partition coefficient (Wildman–Crippen LogP) is 12.5. The molecule has 1 aliphatic rings. The van der Waals surface area contributed by atoms with Crippen molar-refractivity contribution in [3.8, 4) is 28.3 Å². The zero-order valence-electron chi connectivity index (χ0n) is 26.2. The molecule has 0 saturated heterocycles. The summed E-state index contributed by atoms with van der Waals surface area (Å²) in [5.74, 6) is 0. The molecule has 0 amide bonds. The number of hydrogen-bond acceptors (Lipinski definition) is 3. The second-order valence-corrected chi connectivity index (χ2v) is 13.9. The average Bonchev–Trinajstić information content (AvgIpc) is 3.62. The first kappa shape index (κ1) is 27.6. The average molecular weight is 619 g/mol. The summed E-state index contributed by atoms with van der Waals surface area (Å²) in [5.41, 5.74) is 11.6. The topological polar surface area (TPSA) is 27.0 Å². The molecule has 0 radical (unpaired) electrons. The minimum absolute atomic E-state index is 0.0510. The van der Waals surface area contributed by atoms with Crippen LogP contribution in [0.4, 0.5) is 17.1 Å². The third kappa shape index (κ3) is 4.23. The van der Waals surface area contributed by atoms with Crippen molar-refractivity contribution in [3.05, 3.63) is 162 Å². The van der Waals surface area contributed by atoms with Crippen molar-refractivity contribution >= 4 is 59.3 Å². The molecule has 0 aliphatic heterocycles. The molecule has 1 aromatic heterocycles. The molecule has 0 saturated carbocycles. The van der Waals surface area contributed by atoms with Crippen molar-refractivity contribution in [2.24, 2.45) is 0 Å². The first-order chi connectivity index (χ1) is 23.0. The number of nitrogens with zero attached hydrogens (tertiary/aromatic N) is 2. The quantitative estimate of drug-likeness (QED) is 0.196. The Morgan fingerprint density at radius 2 is 1.21 bits per heavy atom. The molecule has 0 N–H and O–H groups in total. The molecule has 0 fully saturated rings. The summed E-state index contributed by atoms with van der Waals surface area (Å²) in [6.07, 6.45) is 0. The third-order valence-corrected chi connectivity index (χ3v) is 11.2. The third-order valence-electron chi connectivity index (χ3n) is 9.91. The first-order valence-electron chi connectivity index (χ1n) is 16.0. The zero-order valence-corrected chi connectivity index (χ0v) is 27.0. The Bertz CT molecular complexity index is 2550. The van der Waals surface area contributed by atoms with Crippen molar-refractivity contribution in [3.63, 3.8) is 0 Å². The summed E-state index contributed by atoms with van der Waals surface area (Å²) >= 11 is 1.88. The van der Waals surface area contributed by atoms with Gasteiger partial charge in [-0.1, -0.05) is 117 Å². The van der Waals surface area contributed by atoms with E-state index in [-0.39, 0.29) is 5.41 Å². The summed E-state index contributed by atoms with van der Waals surface area (Å²) in [7, 11) is 0. The smallest absolute Gasteiger partial charge is 0.0991 e. The lowest BCUT2D eigenvalue weighted by Crippen LogP contribution is -2.15. The van der Waals surface area contributed by atoms with Crippen LogP contribution in [-0.4, -0.2) is 0 Å². The van der Waals surface area contributed by atoms with Gasteiger partial charge in [0, 0.05) is 32.3 Å². The van der Waals surface area contributed by atoms with Crippen LogP contribution in [-0.2, 0) is 5.41 Å². The number of rotatable bonds is 4. The fourth-order valence-corrected chi connectivity index (χ4v) is 8.84. The maximum Gasteiger partial charge on any atom is 0.0991 e. The minimum Gasteiger partial charge on any atom is -0.309 e. The van der Waals surface area contributed by atoms with Crippen molar-refractivity contribution in [1.29, 1.82) is 5.26 Å². The summed E-state index contributed by atoms with van der Waals surface area (Å²) in [5, 5.41) is 14.4. The number of hydrogen-bond donors (Lipinski definition) is 0. The van der Waals surface area contributed by atoms with Crippen molar-refractivity contribution in [1.82, 2.24) is 0 Å². The van der Waals surface area contributed by atoms with Gasteiger partial charge in [-0.25, -0.2) is 0 Å². The number of fused-ring (bicyclic) bond motifs is 8. The second kappa shape index (κ2) is 10.4. The molecule has 47 heavy (non-hydrogen) atoms. The van der Waals surface area contributed by atoms with E-state index in [0.29, 0.717) is 5.56 Å². The lowest BCUT2D eigenvalue weighted by Gasteiger charge is -2.28. The molecular weight excluding hydrogens is 589 g/mol. The summed E-state index contributed by atoms with van der Waals surface area (Å²) in [6, 6.07) is 54.7. The fraction of sp³-hybridized carbons (Fsp3) is 0.0682. The highest BCUT2D eigenvalue weighted by Gasteiger charge is 2.35. The highest BCUT2D eigenvalue weighted by molar-refractivity contribution is 7.27. The maximum atomic E-state index is 9.27. The molecule has 0 atom stereocenters. The Morgan fingerprint density at radius 1 is 0.553 bits per heavy atom. The van der Waals surface area contributed by atoms with E-state index in [2.05, 4.69) is 146 Å². The minimum atomic E-state index is -0.0510. The number of nitriles is 1. The monoisotopic (exact) mass is 618 g/mol. The van der Waals surface area contributed by atoms with Gasteiger partial charge in [0.1, 0.15) is 0 Å². The van der Waals surface area contributed by atoms with Crippen molar-refractivity contribution < 1.29 is 0 Å². The SMILES string of the molecule is CC1(C)c2ccccc2-c2cc(N(c3ccc(-c4ccc(C#N)cc4)cc3)c3cccc4c3sc3c5ccccc5ccc43)ccc21. The van der Waals surface area contributed by atoms with Gasteiger partial charge in [-0.05, 0) is 86.6 Å². The van der Waals surface area contributed by atoms with E-state index < -0.39 is 0 Å². The molecular formula is C44H30N2S. The van der Waals surface area contributed by atoms with Gasteiger partial charge < -0.3 is 4.90 Å². The van der Waals surface area contributed by atoms with Crippen LogP contribution in [0.2, 0.25) is 0 Å². The van der Waals surface area contributed by atoms with Crippen LogP contribution in [0.5, 0.6) is 0 Å². The lowest BCUT2D eigenvalue weighted by molar-refractivity contribution is 0.660. The molecule has 0 bridgehead atoms. The summed E-state index contributed by atoms with van der Waals surface area (Å²) in [6.45, 7) is 4.67. The van der Waals surface area contributed by atoms with Gasteiger partial charge in [-0.3, -0.25) is 0 Å². The largest absolute Gasteiger partial charge is 0.309 e. The van der Waals surface area contributed by atoms with Gasteiger partial charge in [-0.2, -0.15) is 5.26 Å². The van der Waals surface area contributed by atoms with Crippen LogP contribution in [0.25, 0.3) is 53.2 Å². The molecule has 1 heterocycles. The van der Waals surface area contributed by atoms with E-state index in [1.807, 2.05) is 35.6 Å². The van der Waals surface area contributed by atoms with Gasteiger partial charge in [0.2, 0.25) is 0 Å². The van der Waals surface area contributed by atoms with E-state index >= 15 is 0 Å². The van der Waals surface area contributed by atoms with E-state index in [1.54, 1.807) is 0 Å². The van der Waals surface area contributed by atoms with Gasteiger partial charge in [0.15, 0.2) is 0 Å². The molecule has 9 rings (SSSR count). The van der Waals surface area contributed by atoms with Crippen LogP contribution in [0.1, 0.15) is 30.5 Å². The van der Waals surface area contributed by atoms with Crippen LogP contribution >= 0.6 is 11.3 Å². The summed E-state index contributed by atoms with van der Waals surface area (Å²) < 4.78 is 2.60. The van der Waals surface area contributed by atoms with E-state index in [0.717, 1.165) is 22.5 Å². The normalized spacial score (nSPS) is 13.0. The Labute approximate surface area is 278 Å². The highest BCUT2D eigenvalue weighted by Crippen LogP contribution is 2.52. The number of anilines is 3. The van der Waals surface area contributed by atoms with Gasteiger partial charge in [-0.15, -0.1) is 11.3 Å². The van der Waals surface area contributed by atoms with Crippen LogP contribution in [0, 0.1) is 11.3 Å².